The quantitative estimate of drug-likeness (QED) is 0.0103. The number of aromatic amines is 1. The molecule has 1 aromatic heterocycles. The molecule has 0 aliphatic carbocycles. The largest absolute Gasteiger partial charge is 0.508 e. The third kappa shape index (κ3) is 24.9. The number of carbonyl (C=O) groups is 12. The number of aromatic nitrogens is 1. The van der Waals surface area contributed by atoms with Crippen LogP contribution >= 0.6 is 22.6 Å². The fourth-order valence-electron chi connectivity index (χ4n) is 9.78. The second-order valence-corrected chi connectivity index (χ2v) is 24.7. The van der Waals surface area contributed by atoms with Gasteiger partial charge in [0, 0.05) is 35.7 Å². The second kappa shape index (κ2) is 37.5. The molecule has 1 heterocycles. The summed E-state index contributed by atoms with van der Waals surface area (Å²) in [5, 5.41) is 57.9. The number of aromatic hydroxyl groups is 2. The molecule has 5 rings (SSSR count). The molecule has 34 nitrogen and oxygen atoms in total. The van der Waals surface area contributed by atoms with Crippen molar-refractivity contribution in [2.24, 2.45) is 17.2 Å². The lowest BCUT2D eigenvalue weighted by Gasteiger charge is -2.30. The number of nitrogens with one attached hydrogen (secondary N) is 8. The van der Waals surface area contributed by atoms with Gasteiger partial charge in [0.2, 0.25) is 41.4 Å². The number of nitro groups is 1. The van der Waals surface area contributed by atoms with E-state index >= 15 is 4.79 Å². The molecule has 0 aliphatic rings. The highest BCUT2D eigenvalue weighted by molar-refractivity contribution is 14.1. The SMILES string of the molecule is CCCC[C@H](NC(=O)[C@H](Cc1c[nH]c2ccccc12)NC(=O)CNC(=O)[C@H](CCCC)NC(=O)[C@@H](N)Cc1ccc(O)cc1)C(=O)N[C@@H](CC(=O)OS(=O)(=O)O)C(=O)N(C(=O)[C@H](CC(=O)O)NC(=O)CNC(=O)[C@H](N)Cc1ccc(O)c(I)c1)C(=O)[C@@H](N)Cc1ccc([N+](=O)[O-])cc1. The molecule has 0 unspecified atom stereocenters. The van der Waals surface area contributed by atoms with Crippen molar-refractivity contribution in [1.82, 2.24) is 47.1 Å². The van der Waals surface area contributed by atoms with Gasteiger partial charge in [0.25, 0.3) is 23.4 Å². The first-order chi connectivity index (χ1) is 46.3. The molecule has 0 saturated heterocycles. The minimum atomic E-state index is -5.73. The fourth-order valence-corrected chi connectivity index (χ4v) is 10.7. The number of carboxylic acids is 1. The molecule has 10 amide bonds. The molecule has 5 aromatic rings. The van der Waals surface area contributed by atoms with Crippen LogP contribution in [0.15, 0.2) is 97.2 Å². The normalized spacial score (nSPS) is 13.7. The van der Waals surface area contributed by atoms with Gasteiger partial charge >= 0.3 is 22.3 Å². The van der Waals surface area contributed by atoms with Crippen LogP contribution < -0.4 is 54.4 Å². The van der Waals surface area contributed by atoms with E-state index in [1.54, 1.807) is 43.3 Å². The number of hydrogen-bond donors (Lipinski definition) is 15. The smallest absolute Gasteiger partial charge is 0.448 e. The number of halogens is 1. The zero-order valence-electron chi connectivity index (χ0n) is 52.9. The number of imide groups is 3. The van der Waals surface area contributed by atoms with E-state index in [1.165, 1.54) is 36.5 Å². The average Bonchev–Trinajstić information content (AvgIpc) is 1.17. The van der Waals surface area contributed by atoms with E-state index in [2.05, 4.69) is 41.1 Å². The van der Waals surface area contributed by atoms with Crippen LogP contribution in [-0.4, -0.2) is 176 Å². The minimum absolute atomic E-state index is 0.00732. The summed E-state index contributed by atoms with van der Waals surface area (Å²) in [6, 6.07) is 7.07. The Kier molecular flexibility index (Phi) is 30.1. The van der Waals surface area contributed by atoms with E-state index in [1.807, 2.05) is 34.8 Å². The summed E-state index contributed by atoms with van der Waals surface area (Å²) in [4.78, 5) is 180. The first kappa shape index (κ1) is 78.7. The molecule has 0 bridgehead atoms. The van der Waals surface area contributed by atoms with Crippen LogP contribution in [-0.2, 0) is 97.8 Å². The molecule has 0 aliphatic heterocycles. The zero-order chi connectivity index (χ0) is 72.6. The van der Waals surface area contributed by atoms with Crippen molar-refractivity contribution in [1.29, 1.82) is 0 Å². The molecule has 0 saturated carbocycles. The number of nitrogens with two attached hydrogens (primary N) is 3. The number of carboxylic acid groups (broad SMARTS) is 1. The molecule has 0 fully saturated rings. The van der Waals surface area contributed by atoms with E-state index in [-0.39, 0.29) is 60.5 Å². The molecule has 18 N–H and O–H groups in total. The van der Waals surface area contributed by atoms with Gasteiger partial charge in [-0.05, 0) is 107 Å². The van der Waals surface area contributed by atoms with E-state index in [4.69, 9.17) is 17.2 Å². The Morgan fingerprint density at radius 1 is 0.602 bits per heavy atom. The Morgan fingerprint density at radius 3 is 1.66 bits per heavy atom. The number of para-hydroxylation sites is 1. The van der Waals surface area contributed by atoms with Crippen LogP contribution in [0.25, 0.3) is 10.9 Å². The molecule has 528 valence electrons. The molecule has 36 heteroatoms. The number of nitro benzene ring substituents is 1. The summed E-state index contributed by atoms with van der Waals surface area (Å²) in [6.45, 7) is 1.69. The maximum Gasteiger partial charge on any atom is 0.448 e. The molecule has 4 aromatic carbocycles. The Bertz CT molecular complexity index is 3860. The highest BCUT2D eigenvalue weighted by Crippen LogP contribution is 2.23. The van der Waals surface area contributed by atoms with Gasteiger partial charge in [-0.25, -0.2) is 4.90 Å². The Morgan fingerprint density at radius 2 is 1.09 bits per heavy atom. The molecule has 0 spiro atoms. The monoisotopic (exact) mass is 1500 g/mol. The number of amides is 10. The van der Waals surface area contributed by atoms with Crippen molar-refractivity contribution in [2.45, 2.75) is 139 Å². The van der Waals surface area contributed by atoms with E-state index < -0.39 is 173 Å². The topological polar surface area (TPSA) is 554 Å². The number of fused-ring (bicyclic) bond motifs is 1. The van der Waals surface area contributed by atoms with Crippen molar-refractivity contribution in [2.75, 3.05) is 13.1 Å². The third-order valence-electron chi connectivity index (χ3n) is 14.9. The van der Waals surface area contributed by atoms with Crippen LogP contribution in [0.1, 0.15) is 87.5 Å². The van der Waals surface area contributed by atoms with Gasteiger partial charge in [-0.2, -0.15) is 8.42 Å². The van der Waals surface area contributed by atoms with Crippen molar-refractivity contribution >= 4 is 121 Å². The summed E-state index contributed by atoms with van der Waals surface area (Å²) in [5.74, 6) is -16.9. The average molecular weight is 1500 g/mol. The summed E-state index contributed by atoms with van der Waals surface area (Å²) in [6.07, 6.45) is -1.43. The van der Waals surface area contributed by atoms with Crippen molar-refractivity contribution < 1.29 is 94.9 Å². The number of phenols is 2. The van der Waals surface area contributed by atoms with Gasteiger partial charge in [0.1, 0.15) is 41.7 Å². The number of unbranched alkanes of at least 4 members (excludes halogenated alkanes) is 2. The molecule has 8 atom stereocenters. The molecule has 0 radical (unpaired) electrons. The van der Waals surface area contributed by atoms with Gasteiger partial charge in [0.05, 0.1) is 52.6 Å². The standard InChI is InChI=1S/C62H76IN13O21S/c1-3-5-10-45(72-56(85)42(65)24-34-15-20-38(77)21-16-34)57(86)69-32-51(79)70-47(27-36-30-67-44-12-8-7-9-39(36)44)59(88)73-46(11-6-4-2)58(87)74-49(29-54(83)97-98(94,95)96)62(91)75(60(89)43(66)25-33-13-18-37(19-14-33)76(92)93)61(90)48(28-53(81)82)71-52(80)31-68-55(84)41(64)26-35-17-22-50(78)40(63)23-35/h7-9,12-23,30,41-43,45-49,67,77-78H,3-6,10-11,24-29,31-32,64-66H2,1-2H3,(H,68,84)(H,69,86)(H,70,79)(H,71,80)(H,72,85)(H,73,88)(H,74,87)(H,81,82)(H,94,95,96)/t41-,42+,43+,45+,46+,47+,48+,49+/m1/s1. The maximum absolute atomic E-state index is 15.1. The minimum Gasteiger partial charge on any atom is -0.508 e. The van der Waals surface area contributed by atoms with Gasteiger partial charge in [-0.3, -0.25) is 72.2 Å². The zero-order valence-corrected chi connectivity index (χ0v) is 55.9. The molecular weight excluding hydrogens is 1420 g/mol. The second-order valence-electron chi connectivity index (χ2n) is 22.6. The van der Waals surface area contributed by atoms with Crippen LogP contribution in [0.3, 0.4) is 0 Å². The Hall–Kier alpha value is -10.0. The van der Waals surface area contributed by atoms with Crippen molar-refractivity contribution in [3.05, 3.63) is 133 Å². The first-order valence-electron chi connectivity index (χ1n) is 30.5. The van der Waals surface area contributed by atoms with Crippen molar-refractivity contribution in [3.8, 4) is 11.5 Å². The molecule has 98 heavy (non-hydrogen) atoms. The lowest BCUT2D eigenvalue weighted by molar-refractivity contribution is -0.384. The van der Waals surface area contributed by atoms with Crippen molar-refractivity contribution in [3.63, 3.8) is 0 Å². The van der Waals surface area contributed by atoms with Crippen LogP contribution in [0, 0.1) is 13.7 Å². The number of rotatable bonds is 37. The first-order valence-corrected chi connectivity index (χ1v) is 32.9. The van der Waals surface area contributed by atoms with Gasteiger partial charge in [-0.15, -0.1) is 0 Å². The van der Waals surface area contributed by atoms with Gasteiger partial charge in [-0.1, -0.05) is 88.1 Å². The summed E-state index contributed by atoms with van der Waals surface area (Å²) >= 11 is 1.83. The summed E-state index contributed by atoms with van der Waals surface area (Å²) in [7, 11) is -5.73. The van der Waals surface area contributed by atoms with Crippen LogP contribution in [0.2, 0.25) is 0 Å². The number of carbonyl (C=O) groups excluding carboxylic acids is 11. The Balaban J connectivity index is 1.47. The summed E-state index contributed by atoms with van der Waals surface area (Å²) in [5.41, 5.74) is 20.3. The fraction of sp³-hybridized carbons (Fsp3) is 0.387. The number of benzene rings is 4. The van der Waals surface area contributed by atoms with Gasteiger partial charge in [0.15, 0.2) is 0 Å². The van der Waals surface area contributed by atoms with Crippen LogP contribution in [0.5, 0.6) is 11.5 Å². The Labute approximate surface area is 573 Å². The molecular formula is C62H76IN13O21S. The lowest BCUT2D eigenvalue weighted by Crippen LogP contribution is -2.63. The summed E-state index contributed by atoms with van der Waals surface area (Å²) < 4.78 is 37.7. The van der Waals surface area contributed by atoms with E-state index in [9.17, 15) is 91.1 Å². The highest BCUT2D eigenvalue weighted by Gasteiger charge is 2.43. The number of aliphatic carboxylic acids is 1. The number of phenolic OH excluding ortho intramolecular Hbond substituents is 2. The van der Waals surface area contributed by atoms with E-state index in [0.717, 1.165) is 24.3 Å². The van der Waals surface area contributed by atoms with E-state index in [0.29, 0.717) is 50.4 Å². The predicted molar refractivity (Wildman–Crippen MR) is 355 cm³/mol. The van der Waals surface area contributed by atoms with Gasteiger partial charge < -0.3 is 78.9 Å². The van der Waals surface area contributed by atoms with Crippen LogP contribution in [0.4, 0.5) is 5.69 Å². The third-order valence-corrected chi connectivity index (χ3v) is 16.1. The lowest BCUT2D eigenvalue weighted by atomic mass is 10.0. The highest BCUT2D eigenvalue weighted by atomic mass is 127. The number of nitrogens with zero attached hydrogens (tertiary/aromatic N) is 2. The number of hydrogen-bond acceptors (Lipinski definition) is 22. The number of H-pyrrole nitrogens is 1. The number of non-ortho nitro benzene ring substituents is 1. The maximum atomic E-state index is 15.1. The predicted octanol–water partition coefficient (Wildman–Crippen LogP) is -0.526.